The molecular formula is C22H34N4O3. The molecular weight excluding hydrogens is 368 g/mol. The lowest BCUT2D eigenvalue weighted by molar-refractivity contribution is 0.0296. The molecule has 0 atom stereocenters. The van der Waals surface area contributed by atoms with Crippen molar-refractivity contribution < 1.29 is 9.53 Å². The van der Waals surface area contributed by atoms with Gasteiger partial charge in [-0.2, -0.15) is 0 Å². The van der Waals surface area contributed by atoms with E-state index in [1.807, 2.05) is 20.8 Å². The summed E-state index contributed by atoms with van der Waals surface area (Å²) in [6, 6.07) is 1.73. The maximum atomic E-state index is 13.0. The molecule has 160 valence electrons. The van der Waals surface area contributed by atoms with Crippen LogP contribution >= 0.6 is 0 Å². The average molecular weight is 403 g/mol. The fraction of sp³-hybridized carbons (Fsp3) is 0.636. The molecule has 0 N–H and O–H groups in total. The summed E-state index contributed by atoms with van der Waals surface area (Å²) >= 11 is 0. The predicted molar refractivity (Wildman–Crippen MR) is 115 cm³/mol. The van der Waals surface area contributed by atoms with Crippen molar-refractivity contribution in [3.63, 3.8) is 0 Å². The van der Waals surface area contributed by atoms with Crippen LogP contribution in [-0.4, -0.2) is 44.7 Å². The van der Waals surface area contributed by atoms with E-state index in [1.165, 1.54) is 0 Å². The largest absolute Gasteiger partial charge is 0.444 e. The van der Waals surface area contributed by atoms with Gasteiger partial charge in [-0.15, -0.1) is 0 Å². The van der Waals surface area contributed by atoms with Gasteiger partial charge in [0.25, 0.3) is 5.56 Å². The molecule has 0 saturated carbocycles. The minimum absolute atomic E-state index is 0.0202. The van der Waals surface area contributed by atoms with Crippen LogP contribution in [0.2, 0.25) is 0 Å². The first-order valence-electron chi connectivity index (χ1n) is 10.1. The highest BCUT2D eigenvalue weighted by atomic mass is 16.6. The van der Waals surface area contributed by atoms with Gasteiger partial charge in [0.2, 0.25) is 0 Å². The molecule has 2 aromatic rings. The van der Waals surface area contributed by atoms with Gasteiger partial charge in [0.15, 0.2) is 0 Å². The van der Waals surface area contributed by atoms with Crippen LogP contribution in [0.25, 0.3) is 10.9 Å². The van der Waals surface area contributed by atoms with Crippen LogP contribution < -0.4 is 5.56 Å². The topological polar surface area (TPSA) is 77.3 Å². The zero-order chi connectivity index (χ0) is 21.8. The van der Waals surface area contributed by atoms with Crippen molar-refractivity contribution in [2.45, 2.75) is 73.0 Å². The Balaban J connectivity index is 2.10. The summed E-state index contributed by atoms with van der Waals surface area (Å²) in [6.45, 7) is 13.1. The Morgan fingerprint density at radius 1 is 1.17 bits per heavy atom. The highest BCUT2D eigenvalue weighted by Crippen LogP contribution is 2.18. The summed E-state index contributed by atoms with van der Waals surface area (Å²) in [5.74, 6) is 0.769. The van der Waals surface area contributed by atoms with Crippen LogP contribution in [0.4, 0.5) is 4.79 Å². The number of ether oxygens (including phenoxy) is 1. The lowest BCUT2D eigenvalue weighted by Gasteiger charge is -2.25. The second-order valence-corrected chi connectivity index (χ2v) is 9.73. The molecule has 7 nitrogen and oxygen atoms in total. The standard InChI is InChI=1S/C22H34N4O3/c1-21(2,3)15-26-18(24-17-14-23-12-11-16(17)19(26)27)10-8-9-13-25(7)20(28)29-22(4,5)6/h11-12,14H,8-10,13,15H2,1-7H3. The van der Waals surface area contributed by atoms with E-state index in [1.54, 1.807) is 35.0 Å². The maximum absolute atomic E-state index is 13.0. The van der Waals surface area contributed by atoms with Gasteiger partial charge >= 0.3 is 6.09 Å². The Morgan fingerprint density at radius 2 is 1.86 bits per heavy atom. The summed E-state index contributed by atoms with van der Waals surface area (Å²) in [5.41, 5.74) is 0.0618. The third kappa shape index (κ3) is 6.84. The number of hydrogen-bond donors (Lipinski definition) is 0. The fourth-order valence-corrected chi connectivity index (χ4v) is 3.01. The molecule has 2 aromatic heterocycles. The fourth-order valence-electron chi connectivity index (χ4n) is 3.01. The van der Waals surface area contributed by atoms with Crippen molar-refractivity contribution >= 4 is 17.0 Å². The number of aromatic nitrogens is 3. The van der Waals surface area contributed by atoms with Crippen molar-refractivity contribution in [3.05, 3.63) is 34.6 Å². The van der Waals surface area contributed by atoms with E-state index in [0.717, 1.165) is 18.7 Å². The number of carbonyl (C=O) groups is 1. The van der Waals surface area contributed by atoms with E-state index in [9.17, 15) is 9.59 Å². The summed E-state index contributed by atoms with van der Waals surface area (Å²) in [4.78, 5) is 35.5. The molecule has 0 aromatic carbocycles. The summed E-state index contributed by atoms with van der Waals surface area (Å²) in [7, 11) is 1.74. The van der Waals surface area contributed by atoms with Gasteiger partial charge in [0.1, 0.15) is 11.4 Å². The van der Waals surface area contributed by atoms with Crippen molar-refractivity contribution in [1.29, 1.82) is 0 Å². The second-order valence-electron chi connectivity index (χ2n) is 9.73. The molecule has 2 heterocycles. The van der Waals surface area contributed by atoms with E-state index in [0.29, 0.717) is 30.4 Å². The molecule has 0 radical (unpaired) electrons. The molecule has 0 fully saturated rings. The number of hydrogen-bond acceptors (Lipinski definition) is 5. The minimum atomic E-state index is -0.503. The van der Waals surface area contributed by atoms with Gasteiger partial charge < -0.3 is 9.64 Å². The summed E-state index contributed by atoms with van der Waals surface area (Å²) in [6.07, 6.45) is 5.22. The third-order valence-corrected chi connectivity index (χ3v) is 4.32. The zero-order valence-electron chi connectivity index (χ0n) is 18.8. The highest BCUT2D eigenvalue weighted by Gasteiger charge is 2.20. The second kappa shape index (κ2) is 8.93. The van der Waals surface area contributed by atoms with E-state index in [4.69, 9.17) is 9.72 Å². The predicted octanol–water partition coefficient (Wildman–Crippen LogP) is 4.03. The Labute approximate surface area is 173 Å². The van der Waals surface area contributed by atoms with Gasteiger partial charge in [0, 0.05) is 32.8 Å². The number of nitrogens with zero attached hydrogens (tertiary/aromatic N) is 4. The third-order valence-electron chi connectivity index (χ3n) is 4.32. The molecule has 0 saturated heterocycles. The molecule has 0 aliphatic heterocycles. The quantitative estimate of drug-likeness (QED) is 0.682. The lowest BCUT2D eigenvalue weighted by atomic mass is 9.96. The Morgan fingerprint density at radius 3 is 2.48 bits per heavy atom. The first-order valence-corrected chi connectivity index (χ1v) is 10.1. The Kier molecular flexibility index (Phi) is 7.03. The first kappa shape index (κ1) is 22.8. The molecule has 0 aliphatic carbocycles. The molecule has 0 spiro atoms. The first-order chi connectivity index (χ1) is 13.4. The van der Waals surface area contributed by atoms with Crippen molar-refractivity contribution in [2.75, 3.05) is 13.6 Å². The molecule has 29 heavy (non-hydrogen) atoms. The molecule has 0 aliphatic rings. The van der Waals surface area contributed by atoms with Gasteiger partial charge in [-0.05, 0) is 45.1 Å². The van der Waals surface area contributed by atoms with Crippen molar-refractivity contribution in [1.82, 2.24) is 19.4 Å². The average Bonchev–Trinajstić information content (AvgIpc) is 2.59. The van der Waals surface area contributed by atoms with Crippen LogP contribution in [-0.2, 0) is 17.7 Å². The van der Waals surface area contributed by atoms with Crippen LogP contribution in [0.15, 0.2) is 23.3 Å². The summed E-state index contributed by atoms with van der Waals surface area (Å²) in [5, 5.41) is 0.595. The maximum Gasteiger partial charge on any atom is 0.410 e. The number of aryl methyl sites for hydroxylation is 1. The normalized spacial score (nSPS) is 12.2. The highest BCUT2D eigenvalue weighted by molar-refractivity contribution is 5.76. The molecule has 2 rings (SSSR count). The molecule has 0 bridgehead atoms. The van der Waals surface area contributed by atoms with Gasteiger partial charge in [-0.1, -0.05) is 20.8 Å². The molecule has 0 unspecified atom stereocenters. The van der Waals surface area contributed by atoms with Crippen molar-refractivity contribution in [3.8, 4) is 0 Å². The number of carbonyl (C=O) groups excluding carboxylic acids is 1. The van der Waals surface area contributed by atoms with E-state index in [2.05, 4.69) is 25.8 Å². The number of fused-ring (bicyclic) bond motifs is 1. The van der Waals surface area contributed by atoms with E-state index >= 15 is 0 Å². The monoisotopic (exact) mass is 402 g/mol. The number of amides is 1. The zero-order valence-corrected chi connectivity index (χ0v) is 18.8. The van der Waals surface area contributed by atoms with Crippen molar-refractivity contribution in [2.24, 2.45) is 5.41 Å². The number of unbranched alkanes of at least 4 members (excludes halogenated alkanes) is 1. The SMILES string of the molecule is CN(CCCCc1nc2cnccc2c(=O)n1CC(C)(C)C)C(=O)OC(C)(C)C. The number of rotatable bonds is 6. The summed E-state index contributed by atoms with van der Waals surface area (Å²) < 4.78 is 7.17. The Bertz CT molecular complexity index is 907. The van der Waals surface area contributed by atoms with E-state index < -0.39 is 5.60 Å². The minimum Gasteiger partial charge on any atom is -0.444 e. The molecule has 7 heteroatoms. The number of pyridine rings is 1. The Hall–Kier alpha value is -2.44. The van der Waals surface area contributed by atoms with Gasteiger partial charge in [-0.3, -0.25) is 14.3 Å². The van der Waals surface area contributed by atoms with Crippen LogP contribution in [0.5, 0.6) is 0 Å². The van der Waals surface area contributed by atoms with Crippen LogP contribution in [0.3, 0.4) is 0 Å². The van der Waals surface area contributed by atoms with Crippen LogP contribution in [0, 0.1) is 5.41 Å². The smallest absolute Gasteiger partial charge is 0.410 e. The molecule has 1 amide bonds. The van der Waals surface area contributed by atoms with Crippen LogP contribution in [0.1, 0.15) is 60.2 Å². The van der Waals surface area contributed by atoms with Gasteiger partial charge in [-0.25, -0.2) is 9.78 Å². The van der Waals surface area contributed by atoms with E-state index in [-0.39, 0.29) is 17.1 Å². The lowest BCUT2D eigenvalue weighted by Crippen LogP contribution is -2.34. The van der Waals surface area contributed by atoms with Gasteiger partial charge in [0.05, 0.1) is 17.1 Å².